The Morgan fingerprint density at radius 3 is 3.08 bits per heavy atom. The van der Waals surface area contributed by atoms with Gasteiger partial charge in [-0.05, 0) is 25.0 Å². The van der Waals surface area contributed by atoms with E-state index < -0.39 is 0 Å². The van der Waals surface area contributed by atoms with Gasteiger partial charge < -0.3 is 14.7 Å². The lowest BCUT2D eigenvalue weighted by molar-refractivity contribution is 0.0671. The van der Waals surface area contributed by atoms with Crippen molar-refractivity contribution >= 4 is 22.2 Å². The molecule has 1 amide bonds. The molecule has 1 aliphatic heterocycles. The number of aliphatic hydroxyl groups excluding tert-OH is 1. The third kappa shape index (κ3) is 2.69. The number of benzene rings is 1. The molecule has 3 heterocycles. The first-order valence-corrected chi connectivity index (χ1v) is 9.12. The van der Waals surface area contributed by atoms with E-state index in [1.165, 1.54) is 11.3 Å². The van der Waals surface area contributed by atoms with Crippen LogP contribution in [0.25, 0.3) is 16.2 Å². The van der Waals surface area contributed by atoms with Gasteiger partial charge in [0, 0.05) is 23.7 Å². The van der Waals surface area contributed by atoms with Gasteiger partial charge in [0.05, 0.1) is 25.5 Å². The van der Waals surface area contributed by atoms with Gasteiger partial charge in [-0.25, -0.2) is 4.98 Å². The number of nitrogens with zero attached hydrogens (tertiary/aromatic N) is 3. The largest absolute Gasteiger partial charge is 0.496 e. The number of imidazole rings is 1. The number of rotatable bonds is 4. The van der Waals surface area contributed by atoms with Crippen molar-refractivity contribution in [2.75, 3.05) is 20.3 Å². The van der Waals surface area contributed by atoms with E-state index in [2.05, 4.69) is 4.98 Å². The van der Waals surface area contributed by atoms with Crippen LogP contribution in [0.2, 0.25) is 0 Å². The summed E-state index contributed by atoms with van der Waals surface area (Å²) >= 11 is 1.44. The summed E-state index contributed by atoms with van der Waals surface area (Å²) in [5.74, 6) is 0.702. The summed E-state index contributed by atoms with van der Waals surface area (Å²) in [6.45, 7) is 0.699. The van der Waals surface area contributed by atoms with Crippen LogP contribution in [0.5, 0.6) is 5.75 Å². The number of aromatic nitrogens is 2. The predicted molar refractivity (Wildman–Crippen MR) is 96.2 cm³/mol. The molecular formula is C18H19N3O3S. The predicted octanol–water partition coefficient (Wildman–Crippen LogP) is 2.67. The van der Waals surface area contributed by atoms with Crippen LogP contribution in [-0.2, 0) is 0 Å². The number of carbonyl (C=O) groups is 1. The van der Waals surface area contributed by atoms with E-state index in [0.29, 0.717) is 12.2 Å². The highest BCUT2D eigenvalue weighted by Crippen LogP contribution is 2.31. The second-order valence-corrected chi connectivity index (χ2v) is 6.91. The van der Waals surface area contributed by atoms with Gasteiger partial charge in [0.1, 0.15) is 11.4 Å². The maximum Gasteiger partial charge on any atom is 0.272 e. The van der Waals surface area contributed by atoms with Crippen molar-refractivity contribution in [3.05, 3.63) is 41.5 Å². The molecule has 25 heavy (non-hydrogen) atoms. The summed E-state index contributed by atoms with van der Waals surface area (Å²) in [7, 11) is 1.63. The van der Waals surface area contributed by atoms with Gasteiger partial charge in [0.2, 0.25) is 0 Å². The third-order valence-electron chi connectivity index (χ3n) is 4.66. The fourth-order valence-corrected chi connectivity index (χ4v) is 4.21. The first-order valence-electron chi connectivity index (χ1n) is 8.24. The zero-order valence-corrected chi connectivity index (χ0v) is 14.7. The summed E-state index contributed by atoms with van der Waals surface area (Å²) in [6.07, 6.45) is 3.66. The van der Waals surface area contributed by atoms with E-state index in [-0.39, 0.29) is 18.6 Å². The molecule has 130 valence electrons. The molecule has 1 saturated heterocycles. The van der Waals surface area contributed by atoms with Crippen LogP contribution < -0.4 is 4.74 Å². The minimum atomic E-state index is -0.0836. The quantitative estimate of drug-likeness (QED) is 0.780. The third-order valence-corrected chi connectivity index (χ3v) is 5.50. The Hall–Kier alpha value is -2.38. The molecule has 0 bridgehead atoms. The SMILES string of the molecule is COc1ccccc1-c1cn2c(C(=O)N3CCC[C@H]3CO)csc2n1. The van der Waals surface area contributed by atoms with Crippen LogP contribution in [0.4, 0.5) is 0 Å². The molecule has 1 aromatic carbocycles. The van der Waals surface area contributed by atoms with Crippen LogP contribution in [0.3, 0.4) is 0 Å². The Balaban J connectivity index is 1.73. The molecular weight excluding hydrogens is 338 g/mol. The Morgan fingerprint density at radius 1 is 1.44 bits per heavy atom. The van der Waals surface area contributed by atoms with Crippen molar-refractivity contribution in [3.63, 3.8) is 0 Å². The number of amides is 1. The van der Waals surface area contributed by atoms with E-state index in [1.807, 2.05) is 40.2 Å². The minimum Gasteiger partial charge on any atom is -0.496 e. The number of thiazole rings is 1. The normalized spacial score (nSPS) is 17.4. The number of methoxy groups -OCH3 is 1. The number of ether oxygens (including phenoxy) is 1. The average Bonchev–Trinajstić information content (AvgIpc) is 3.35. The number of hydrogen-bond donors (Lipinski definition) is 1. The van der Waals surface area contributed by atoms with Crippen molar-refractivity contribution in [2.45, 2.75) is 18.9 Å². The molecule has 1 fully saturated rings. The van der Waals surface area contributed by atoms with Crippen molar-refractivity contribution in [2.24, 2.45) is 0 Å². The lowest BCUT2D eigenvalue weighted by atomic mass is 10.1. The minimum absolute atomic E-state index is 0.00934. The molecule has 7 heteroatoms. The molecule has 0 radical (unpaired) electrons. The molecule has 1 atom stereocenters. The van der Waals surface area contributed by atoms with Gasteiger partial charge in [0.15, 0.2) is 4.96 Å². The number of fused-ring (bicyclic) bond motifs is 1. The first kappa shape index (κ1) is 16.1. The second-order valence-electron chi connectivity index (χ2n) is 6.08. The summed E-state index contributed by atoms with van der Waals surface area (Å²) in [6, 6.07) is 7.62. The van der Waals surface area contributed by atoms with Gasteiger partial charge in [-0.15, -0.1) is 11.3 Å². The van der Waals surface area contributed by atoms with Gasteiger partial charge in [-0.3, -0.25) is 9.20 Å². The van der Waals surface area contributed by atoms with Gasteiger partial charge in [-0.1, -0.05) is 12.1 Å². The van der Waals surface area contributed by atoms with Crippen LogP contribution in [0, 0.1) is 0 Å². The Morgan fingerprint density at radius 2 is 2.28 bits per heavy atom. The lowest BCUT2D eigenvalue weighted by Crippen LogP contribution is -2.38. The summed E-state index contributed by atoms with van der Waals surface area (Å²) in [5.41, 5.74) is 2.26. The molecule has 0 saturated carbocycles. The van der Waals surface area contributed by atoms with Crippen LogP contribution in [0.15, 0.2) is 35.8 Å². The zero-order chi connectivity index (χ0) is 17.4. The highest BCUT2D eigenvalue weighted by Gasteiger charge is 2.30. The molecule has 6 nitrogen and oxygen atoms in total. The highest BCUT2D eigenvalue weighted by atomic mass is 32.1. The second kappa shape index (κ2) is 6.50. The molecule has 2 aromatic heterocycles. The van der Waals surface area contributed by atoms with Crippen molar-refractivity contribution in [1.82, 2.24) is 14.3 Å². The molecule has 0 aliphatic carbocycles. The lowest BCUT2D eigenvalue weighted by Gasteiger charge is -2.22. The topological polar surface area (TPSA) is 67.1 Å². The smallest absolute Gasteiger partial charge is 0.272 e. The van der Waals surface area contributed by atoms with Crippen molar-refractivity contribution in [1.29, 1.82) is 0 Å². The van der Waals surface area contributed by atoms with Crippen LogP contribution >= 0.6 is 11.3 Å². The summed E-state index contributed by atoms with van der Waals surface area (Å²) in [5, 5.41) is 11.3. The molecule has 1 aliphatic rings. The Kier molecular flexibility index (Phi) is 4.19. The molecule has 0 spiro atoms. The maximum atomic E-state index is 12.9. The summed E-state index contributed by atoms with van der Waals surface area (Å²) < 4.78 is 7.25. The number of hydrogen-bond acceptors (Lipinski definition) is 5. The first-order chi connectivity index (χ1) is 12.2. The number of para-hydroxylation sites is 1. The number of carbonyl (C=O) groups excluding carboxylic acids is 1. The monoisotopic (exact) mass is 357 g/mol. The highest BCUT2D eigenvalue weighted by molar-refractivity contribution is 7.15. The van der Waals surface area contributed by atoms with Crippen molar-refractivity contribution in [3.8, 4) is 17.0 Å². The van der Waals surface area contributed by atoms with E-state index in [0.717, 1.165) is 34.8 Å². The zero-order valence-electron chi connectivity index (χ0n) is 13.9. The Labute approximate surface area is 149 Å². The molecule has 3 aromatic rings. The fraction of sp³-hybridized carbons (Fsp3) is 0.333. The fourth-order valence-electron chi connectivity index (χ4n) is 3.36. The van der Waals surface area contributed by atoms with Gasteiger partial charge in [-0.2, -0.15) is 0 Å². The number of aliphatic hydroxyl groups is 1. The maximum absolute atomic E-state index is 12.9. The molecule has 4 rings (SSSR count). The number of likely N-dealkylation sites (tertiary alicyclic amines) is 1. The standard InChI is InChI=1S/C18H19N3O3S/c1-24-16-7-3-2-6-13(16)14-9-21-15(11-25-18(21)19-14)17(23)20-8-4-5-12(20)10-22/h2-3,6-7,9,11-12,22H,4-5,8,10H2,1H3/t12-/m0/s1. The van der Waals surface area contributed by atoms with Gasteiger partial charge in [0.25, 0.3) is 5.91 Å². The van der Waals surface area contributed by atoms with Crippen molar-refractivity contribution < 1.29 is 14.6 Å². The average molecular weight is 357 g/mol. The Bertz CT molecular complexity index is 917. The van der Waals surface area contributed by atoms with E-state index in [4.69, 9.17) is 4.74 Å². The van der Waals surface area contributed by atoms with E-state index in [1.54, 1.807) is 12.0 Å². The molecule has 0 unspecified atom stereocenters. The molecule has 1 N–H and O–H groups in total. The summed E-state index contributed by atoms with van der Waals surface area (Å²) in [4.78, 5) is 20.1. The van der Waals surface area contributed by atoms with Gasteiger partial charge >= 0.3 is 0 Å². The van der Waals surface area contributed by atoms with Crippen LogP contribution in [-0.4, -0.2) is 51.6 Å². The van der Waals surface area contributed by atoms with Crippen LogP contribution in [0.1, 0.15) is 23.3 Å². The van der Waals surface area contributed by atoms with E-state index in [9.17, 15) is 9.90 Å². The van der Waals surface area contributed by atoms with E-state index >= 15 is 0 Å².